The van der Waals surface area contributed by atoms with Crippen molar-refractivity contribution in [2.24, 2.45) is 5.10 Å². The van der Waals surface area contributed by atoms with E-state index in [1.807, 2.05) is 24.3 Å². The van der Waals surface area contributed by atoms with Gasteiger partial charge in [0, 0.05) is 10.9 Å². The molecule has 3 aromatic carbocycles. The van der Waals surface area contributed by atoms with Crippen molar-refractivity contribution >= 4 is 22.9 Å². The predicted octanol–water partition coefficient (Wildman–Crippen LogP) is 3.45. The number of hydrogen-bond acceptors (Lipinski definition) is 3. The van der Waals surface area contributed by atoms with Crippen molar-refractivity contribution in [2.45, 2.75) is 0 Å². The number of fused-ring (bicyclic) bond motifs is 1. The summed E-state index contributed by atoms with van der Waals surface area (Å²) >= 11 is 0. The van der Waals surface area contributed by atoms with Crippen LogP contribution in [-0.2, 0) is 0 Å². The zero-order valence-corrected chi connectivity index (χ0v) is 12.0. The maximum absolute atomic E-state index is 13.5. The summed E-state index contributed by atoms with van der Waals surface area (Å²) in [4.78, 5) is 11.8. The topological polar surface area (TPSA) is 61.7 Å². The number of nitrogens with zero attached hydrogens (tertiary/aromatic N) is 1. The minimum absolute atomic E-state index is 0.0759. The van der Waals surface area contributed by atoms with E-state index >= 15 is 0 Å². The molecule has 0 aliphatic carbocycles. The number of carbonyl (C=O) groups excluding carboxylic acids is 1. The normalized spacial score (nSPS) is 11.0. The van der Waals surface area contributed by atoms with Crippen molar-refractivity contribution in [3.05, 3.63) is 77.6 Å². The molecule has 0 radical (unpaired) electrons. The van der Waals surface area contributed by atoms with Gasteiger partial charge in [0.1, 0.15) is 11.6 Å². The molecular formula is C18H13FN2O2. The molecule has 3 rings (SSSR count). The van der Waals surface area contributed by atoms with E-state index in [0.29, 0.717) is 10.9 Å². The quantitative estimate of drug-likeness (QED) is 0.575. The van der Waals surface area contributed by atoms with Gasteiger partial charge in [-0.25, -0.2) is 9.82 Å². The molecule has 23 heavy (non-hydrogen) atoms. The van der Waals surface area contributed by atoms with E-state index in [4.69, 9.17) is 0 Å². The van der Waals surface area contributed by atoms with Gasteiger partial charge in [-0.2, -0.15) is 5.10 Å². The Morgan fingerprint density at radius 2 is 1.78 bits per heavy atom. The fourth-order valence-electron chi connectivity index (χ4n) is 2.24. The zero-order valence-electron chi connectivity index (χ0n) is 12.0. The molecule has 3 aromatic rings. The van der Waals surface area contributed by atoms with Crippen LogP contribution in [0.5, 0.6) is 5.75 Å². The number of phenolic OH excluding ortho intramolecular Hbond substituents is 1. The molecule has 0 spiro atoms. The van der Waals surface area contributed by atoms with E-state index in [9.17, 15) is 14.3 Å². The van der Waals surface area contributed by atoms with Gasteiger partial charge in [-0.3, -0.25) is 4.79 Å². The number of rotatable bonds is 3. The minimum atomic E-state index is -0.653. The SMILES string of the molecule is O=C(NN=Cc1ccc2ccccc2c1O)c1ccccc1F. The lowest BCUT2D eigenvalue weighted by Gasteiger charge is -2.04. The Kier molecular flexibility index (Phi) is 4.01. The summed E-state index contributed by atoms with van der Waals surface area (Å²) in [5.41, 5.74) is 2.61. The van der Waals surface area contributed by atoms with Crippen LogP contribution in [0.2, 0.25) is 0 Å². The molecule has 1 amide bonds. The third-order valence-corrected chi connectivity index (χ3v) is 3.42. The van der Waals surface area contributed by atoms with Gasteiger partial charge in [0.05, 0.1) is 11.8 Å². The highest BCUT2D eigenvalue weighted by Crippen LogP contribution is 2.27. The van der Waals surface area contributed by atoms with Crippen LogP contribution in [0, 0.1) is 5.82 Å². The lowest BCUT2D eigenvalue weighted by Crippen LogP contribution is -2.18. The number of amides is 1. The summed E-state index contributed by atoms with van der Waals surface area (Å²) < 4.78 is 13.5. The van der Waals surface area contributed by atoms with Gasteiger partial charge >= 0.3 is 0 Å². The number of carbonyl (C=O) groups is 1. The molecule has 114 valence electrons. The predicted molar refractivity (Wildman–Crippen MR) is 87.1 cm³/mol. The van der Waals surface area contributed by atoms with Gasteiger partial charge in [0.25, 0.3) is 5.91 Å². The van der Waals surface area contributed by atoms with E-state index in [0.717, 1.165) is 5.39 Å². The summed E-state index contributed by atoms with van der Waals surface area (Å²) in [5, 5.41) is 15.6. The van der Waals surface area contributed by atoms with Crippen molar-refractivity contribution < 1.29 is 14.3 Å². The Morgan fingerprint density at radius 1 is 1.04 bits per heavy atom. The molecule has 0 aliphatic rings. The highest BCUT2D eigenvalue weighted by Gasteiger charge is 2.09. The van der Waals surface area contributed by atoms with Crippen LogP contribution in [0.3, 0.4) is 0 Å². The number of phenols is 1. The second-order valence-corrected chi connectivity index (χ2v) is 4.90. The van der Waals surface area contributed by atoms with E-state index in [2.05, 4.69) is 10.5 Å². The van der Waals surface area contributed by atoms with Crippen LogP contribution in [-0.4, -0.2) is 17.2 Å². The monoisotopic (exact) mass is 308 g/mol. The Balaban J connectivity index is 1.80. The van der Waals surface area contributed by atoms with Gasteiger partial charge in [-0.05, 0) is 23.6 Å². The highest BCUT2D eigenvalue weighted by molar-refractivity contribution is 5.98. The second kappa shape index (κ2) is 6.27. The molecule has 2 N–H and O–H groups in total. The summed E-state index contributed by atoms with van der Waals surface area (Å²) in [7, 11) is 0. The van der Waals surface area contributed by atoms with Crippen LogP contribution in [0.25, 0.3) is 10.8 Å². The number of benzene rings is 3. The molecule has 0 fully saturated rings. The summed E-state index contributed by atoms with van der Waals surface area (Å²) in [5.74, 6) is -1.19. The Hall–Kier alpha value is -3.21. The number of hydrazone groups is 1. The fourth-order valence-corrected chi connectivity index (χ4v) is 2.24. The Morgan fingerprint density at radius 3 is 2.61 bits per heavy atom. The molecule has 0 aliphatic heterocycles. The zero-order chi connectivity index (χ0) is 16.2. The van der Waals surface area contributed by atoms with Crippen molar-refractivity contribution in [3.63, 3.8) is 0 Å². The van der Waals surface area contributed by atoms with E-state index in [1.165, 1.54) is 24.4 Å². The molecule has 0 aromatic heterocycles. The van der Waals surface area contributed by atoms with Gasteiger partial charge in [0.15, 0.2) is 0 Å². The Labute approximate surface area is 131 Å². The average Bonchev–Trinajstić information content (AvgIpc) is 2.57. The first-order valence-corrected chi connectivity index (χ1v) is 6.95. The van der Waals surface area contributed by atoms with Crippen LogP contribution in [0.1, 0.15) is 15.9 Å². The van der Waals surface area contributed by atoms with E-state index in [1.54, 1.807) is 18.2 Å². The molecule has 0 saturated carbocycles. The van der Waals surface area contributed by atoms with E-state index in [-0.39, 0.29) is 11.3 Å². The molecule has 0 atom stereocenters. The molecule has 0 bridgehead atoms. The van der Waals surface area contributed by atoms with Crippen LogP contribution < -0.4 is 5.43 Å². The molecule has 0 heterocycles. The lowest BCUT2D eigenvalue weighted by molar-refractivity contribution is 0.0951. The summed E-state index contributed by atoms with van der Waals surface area (Å²) in [6.45, 7) is 0. The van der Waals surface area contributed by atoms with Crippen molar-refractivity contribution in [2.75, 3.05) is 0 Å². The molecule has 4 nitrogen and oxygen atoms in total. The number of nitrogens with one attached hydrogen (secondary N) is 1. The highest BCUT2D eigenvalue weighted by atomic mass is 19.1. The van der Waals surface area contributed by atoms with Gasteiger partial charge < -0.3 is 5.11 Å². The van der Waals surface area contributed by atoms with Crippen LogP contribution >= 0.6 is 0 Å². The minimum Gasteiger partial charge on any atom is -0.507 e. The number of hydrogen-bond donors (Lipinski definition) is 2. The molecule has 0 unspecified atom stereocenters. The standard InChI is InChI=1S/C18H13FN2O2/c19-16-8-4-3-7-15(16)18(23)21-20-11-13-10-9-12-5-1-2-6-14(12)17(13)22/h1-11,22H,(H,21,23). The first-order chi connectivity index (χ1) is 11.2. The van der Waals surface area contributed by atoms with E-state index < -0.39 is 11.7 Å². The number of aromatic hydroxyl groups is 1. The fraction of sp³-hybridized carbons (Fsp3) is 0. The molecular weight excluding hydrogens is 295 g/mol. The average molecular weight is 308 g/mol. The maximum Gasteiger partial charge on any atom is 0.274 e. The third-order valence-electron chi connectivity index (χ3n) is 3.42. The smallest absolute Gasteiger partial charge is 0.274 e. The number of halogens is 1. The summed E-state index contributed by atoms with van der Waals surface area (Å²) in [6, 6.07) is 16.6. The molecule has 0 saturated heterocycles. The van der Waals surface area contributed by atoms with Crippen molar-refractivity contribution in [1.82, 2.24) is 5.43 Å². The van der Waals surface area contributed by atoms with Gasteiger partial charge in [0.2, 0.25) is 0 Å². The van der Waals surface area contributed by atoms with Crippen molar-refractivity contribution in [1.29, 1.82) is 0 Å². The lowest BCUT2D eigenvalue weighted by atomic mass is 10.1. The second-order valence-electron chi connectivity index (χ2n) is 4.90. The maximum atomic E-state index is 13.5. The summed E-state index contributed by atoms with van der Waals surface area (Å²) in [6.07, 6.45) is 1.32. The molecule has 5 heteroatoms. The van der Waals surface area contributed by atoms with Gasteiger partial charge in [-0.1, -0.05) is 42.5 Å². The van der Waals surface area contributed by atoms with Crippen molar-refractivity contribution in [3.8, 4) is 5.75 Å². The largest absolute Gasteiger partial charge is 0.507 e. The van der Waals surface area contributed by atoms with Gasteiger partial charge in [-0.15, -0.1) is 0 Å². The Bertz CT molecular complexity index is 906. The third kappa shape index (κ3) is 3.03. The van der Waals surface area contributed by atoms with Crippen LogP contribution in [0.4, 0.5) is 4.39 Å². The first kappa shape index (κ1) is 14.7. The van der Waals surface area contributed by atoms with Crippen LogP contribution in [0.15, 0.2) is 65.8 Å². The first-order valence-electron chi connectivity index (χ1n) is 6.95.